The number of benzene rings is 3. The van der Waals surface area contributed by atoms with E-state index in [9.17, 15) is 48.3 Å². The molecule has 26 nitrogen and oxygen atoms in total. The zero-order valence-electron chi connectivity index (χ0n) is 60.4. The number of likely N-dealkylation sites (N-methyl/N-ethyl adjacent to an activating group) is 2. The van der Waals surface area contributed by atoms with Crippen molar-refractivity contribution in [3.05, 3.63) is 90.0 Å². The highest BCUT2D eigenvalue weighted by atomic mass is 16.6. The molecule has 5 N–H and O–H groups in total. The highest BCUT2D eigenvalue weighted by Gasteiger charge is 2.44. The number of fused-ring (bicyclic) bond motifs is 5. The number of hydrogen-bond acceptors (Lipinski definition) is 17. The van der Waals surface area contributed by atoms with Crippen LogP contribution in [0.4, 0.5) is 5.69 Å². The molecule has 1 fully saturated rings. The van der Waals surface area contributed by atoms with Crippen LogP contribution in [0.1, 0.15) is 124 Å². The third-order valence-electron chi connectivity index (χ3n) is 19.0. The zero-order valence-corrected chi connectivity index (χ0v) is 60.4. The Hall–Kier alpha value is -8.01. The number of aliphatic carboxylic acids is 1. The summed E-state index contributed by atoms with van der Waals surface area (Å²) in [5, 5.41) is 30.0. The zero-order chi connectivity index (χ0) is 72.8. The molecule has 26 heteroatoms. The minimum Gasteiger partial charge on any atom is -0.480 e. The maximum Gasteiger partial charge on any atom is 0.326 e. The molecule has 6 rings (SSSR count). The number of carboxylic acid groups (broad SMARTS) is 1. The maximum absolute atomic E-state index is 14.7. The van der Waals surface area contributed by atoms with Gasteiger partial charge in [0.2, 0.25) is 41.4 Å². The number of rotatable bonds is 44. The summed E-state index contributed by atoms with van der Waals surface area (Å²) in [4.78, 5) is 129. The number of hydrogen-bond donors (Lipinski definition) is 5. The molecule has 0 saturated carbocycles. The fourth-order valence-electron chi connectivity index (χ4n) is 13.0. The van der Waals surface area contributed by atoms with E-state index in [0.29, 0.717) is 77.6 Å². The quantitative estimate of drug-likeness (QED) is 0.0288. The van der Waals surface area contributed by atoms with E-state index in [1.165, 1.54) is 19.1 Å². The van der Waals surface area contributed by atoms with Gasteiger partial charge in [0, 0.05) is 104 Å². The lowest BCUT2D eigenvalue weighted by Gasteiger charge is -2.41. The Bertz CT molecular complexity index is 3280. The van der Waals surface area contributed by atoms with Crippen LogP contribution < -0.4 is 20.9 Å². The van der Waals surface area contributed by atoms with Crippen molar-refractivity contribution in [3.8, 4) is 22.5 Å². The highest BCUT2D eigenvalue weighted by Crippen LogP contribution is 2.40. The molecule has 2 aliphatic rings. The number of Topliss-reactive ketones (excluding diaryl/α,β-unsaturated/α-hetero) is 1. The number of ether oxygens (including phenoxy) is 6. The van der Waals surface area contributed by atoms with Crippen molar-refractivity contribution in [3.63, 3.8) is 0 Å². The van der Waals surface area contributed by atoms with Crippen molar-refractivity contribution >= 4 is 58.8 Å². The monoisotopic (exact) mass is 1390 g/mol. The van der Waals surface area contributed by atoms with Gasteiger partial charge in [0.25, 0.3) is 0 Å². The Morgan fingerprint density at radius 1 is 0.680 bits per heavy atom. The van der Waals surface area contributed by atoms with E-state index >= 15 is 0 Å². The summed E-state index contributed by atoms with van der Waals surface area (Å²) < 4.78 is 34.4. The first-order chi connectivity index (χ1) is 48.0. The van der Waals surface area contributed by atoms with Crippen molar-refractivity contribution in [2.75, 3.05) is 106 Å². The van der Waals surface area contributed by atoms with Gasteiger partial charge in [0.05, 0.1) is 108 Å². The van der Waals surface area contributed by atoms with E-state index in [1.807, 2.05) is 96.1 Å². The second kappa shape index (κ2) is 41.7. The minimum atomic E-state index is -1.17. The van der Waals surface area contributed by atoms with Crippen LogP contribution in [0, 0.1) is 29.6 Å². The SMILES string of the molecule is CC[C@H](C)[C@@H]([C@@H](CC(=O)N1CCCC1[C@H](OC)[C@@H](C)C(=O)N[C@H](Cc1ccccc1)C(=O)O)OC)N(C)C(=O)[C@@H](CC(=O)[C@@H](NC(=O)CCCC(=O)N(C)CCOCCOCCOCCOCCC(=O)NCCC(=O)N1Cc2ccccc2-c2n[nH]nc2-c2ccccc21)C(C)C)C(C)C. The van der Waals surface area contributed by atoms with E-state index in [-0.39, 0.29) is 137 Å². The van der Waals surface area contributed by atoms with Crippen molar-refractivity contribution < 1.29 is 76.7 Å². The number of amides is 7. The molecule has 1 saturated heterocycles. The predicted molar refractivity (Wildman–Crippen MR) is 376 cm³/mol. The Labute approximate surface area is 589 Å². The molecule has 4 aromatic rings. The van der Waals surface area contributed by atoms with E-state index in [1.54, 1.807) is 60.0 Å². The Morgan fingerprint density at radius 2 is 1.30 bits per heavy atom. The standard InChI is InChI=1S/C74H108N10O16/c1-12-50(6)70(61(95-10)46-66(90)83-34-21-28-59(83)71(96-11)51(7)72(91)76-57(74(93)94)44-52-22-14-13-15-23-52)82(9)73(92)56(48(2)3)45-60(85)67(49(4)5)77-63(87)29-20-30-64(88)81(8)35-37-98-39-41-100-43-42-99-40-38-97-36-32-62(86)75-33-31-65(89)84-47-53-24-16-17-25-54(53)68-69(79-80-78-68)55-26-18-19-27-58(55)84/h13-19,22-27,48-51,56-57,59,61,67,70-71H,12,20-21,28-47H2,1-11H3,(H,75,86)(H,76,91)(H,77,87)(H,93,94)(H,78,79,80)/t50-,51+,56-,57+,59?,61+,67-,70-,71+/m0/s1. The molecule has 0 spiro atoms. The number of likely N-dealkylation sites (tertiary alicyclic amines) is 1. The van der Waals surface area contributed by atoms with Gasteiger partial charge in [0.1, 0.15) is 17.4 Å². The Balaban J connectivity index is 0.826. The van der Waals surface area contributed by atoms with Crippen molar-refractivity contribution in [1.82, 2.24) is 46.1 Å². The van der Waals surface area contributed by atoms with E-state index < -0.39 is 60.1 Å². The van der Waals surface area contributed by atoms with Crippen LogP contribution in [0.2, 0.25) is 0 Å². The third-order valence-corrected chi connectivity index (χ3v) is 19.0. The number of aromatic amines is 1. The Kier molecular flexibility index (Phi) is 33.7. The third kappa shape index (κ3) is 23.8. The van der Waals surface area contributed by atoms with Gasteiger partial charge < -0.3 is 69.1 Å². The molecule has 1 aromatic heterocycles. The van der Waals surface area contributed by atoms with Crippen LogP contribution in [0.15, 0.2) is 78.9 Å². The number of aromatic nitrogens is 3. The maximum atomic E-state index is 14.7. The van der Waals surface area contributed by atoms with Gasteiger partial charge in [0.15, 0.2) is 5.78 Å². The number of para-hydroxylation sites is 1. The number of anilines is 1. The molecule has 9 atom stereocenters. The van der Waals surface area contributed by atoms with Crippen LogP contribution >= 0.6 is 0 Å². The Morgan fingerprint density at radius 3 is 1.93 bits per heavy atom. The average molecular weight is 1390 g/mol. The number of carbonyl (C=O) groups is 9. The van der Waals surface area contributed by atoms with Crippen molar-refractivity contribution in [2.45, 2.75) is 162 Å². The summed E-state index contributed by atoms with van der Waals surface area (Å²) in [5.74, 6) is -5.70. The lowest BCUT2D eigenvalue weighted by molar-refractivity contribution is -0.149. The summed E-state index contributed by atoms with van der Waals surface area (Å²) in [7, 11) is 6.32. The summed E-state index contributed by atoms with van der Waals surface area (Å²) in [6, 6.07) is 21.3. The first-order valence-corrected chi connectivity index (χ1v) is 35.2. The first-order valence-electron chi connectivity index (χ1n) is 35.2. The summed E-state index contributed by atoms with van der Waals surface area (Å²) in [6.07, 6.45) is 0.834. The van der Waals surface area contributed by atoms with Crippen molar-refractivity contribution in [1.29, 1.82) is 0 Å². The molecular formula is C74H108N10O16. The van der Waals surface area contributed by atoms with Crippen LogP contribution in [0.5, 0.6) is 0 Å². The van der Waals surface area contributed by atoms with Gasteiger partial charge in [-0.1, -0.05) is 128 Å². The molecule has 3 aromatic carbocycles. The molecule has 0 bridgehead atoms. The second-order valence-corrected chi connectivity index (χ2v) is 26.6. The molecule has 2 aliphatic heterocycles. The molecule has 3 heterocycles. The number of methoxy groups -OCH3 is 2. The highest BCUT2D eigenvalue weighted by molar-refractivity contribution is 6.00. The summed E-state index contributed by atoms with van der Waals surface area (Å²) >= 11 is 0. The van der Waals surface area contributed by atoms with Gasteiger partial charge >= 0.3 is 5.97 Å². The molecule has 0 aliphatic carbocycles. The lowest BCUT2D eigenvalue weighted by Crippen LogP contribution is -2.55. The van der Waals surface area contributed by atoms with Gasteiger partial charge in [-0.3, -0.25) is 38.4 Å². The first kappa shape index (κ1) is 81.0. The largest absolute Gasteiger partial charge is 0.480 e. The van der Waals surface area contributed by atoms with Crippen LogP contribution in [-0.4, -0.2) is 225 Å². The molecule has 1 unspecified atom stereocenters. The molecular weight excluding hydrogens is 1280 g/mol. The van der Waals surface area contributed by atoms with Gasteiger partial charge in [-0.15, -0.1) is 0 Å². The number of carboxylic acids is 1. The predicted octanol–water partition coefficient (Wildman–Crippen LogP) is 6.68. The normalized spacial score (nSPS) is 15.9. The molecule has 0 radical (unpaired) electrons. The molecule has 550 valence electrons. The minimum absolute atomic E-state index is 0.0105. The molecule has 7 amide bonds. The summed E-state index contributed by atoms with van der Waals surface area (Å²) in [5.41, 5.74) is 5.49. The van der Waals surface area contributed by atoms with Gasteiger partial charge in [-0.25, -0.2) is 4.79 Å². The van der Waals surface area contributed by atoms with Crippen LogP contribution in [-0.2, 0) is 84.5 Å². The number of H-pyrrole nitrogens is 1. The topological polar surface area (TPSA) is 320 Å². The number of ketones is 1. The van der Waals surface area contributed by atoms with E-state index in [0.717, 1.165) is 33.6 Å². The number of carbonyl (C=O) groups excluding carboxylic acids is 8. The lowest BCUT2D eigenvalue weighted by atomic mass is 9.84. The number of nitrogens with one attached hydrogen (secondary N) is 4. The van der Waals surface area contributed by atoms with Crippen LogP contribution in [0.25, 0.3) is 22.5 Å². The smallest absolute Gasteiger partial charge is 0.326 e. The second-order valence-electron chi connectivity index (χ2n) is 26.6. The van der Waals surface area contributed by atoms with Gasteiger partial charge in [-0.2, -0.15) is 15.4 Å². The van der Waals surface area contributed by atoms with Gasteiger partial charge in [-0.05, 0) is 54.2 Å². The average Bonchev–Trinajstić information content (AvgIpc) is 1.42. The fourth-order valence-corrected chi connectivity index (χ4v) is 13.0. The van der Waals surface area contributed by atoms with Crippen LogP contribution in [0.3, 0.4) is 0 Å². The van der Waals surface area contributed by atoms with E-state index in [4.69, 9.17) is 28.4 Å². The molecule has 100 heavy (non-hydrogen) atoms. The number of nitrogens with zero attached hydrogens (tertiary/aromatic N) is 6. The van der Waals surface area contributed by atoms with E-state index in [2.05, 4.69) is 31.4 Å². The summed E-state index contributed by atoms with van der Waals surface area (Å²) in [6.45, 7) is 16.7. The van der Waals surface area contributed by atoms with Crippen molar-refractivity contribution in [2.24, 2.45) is 29.6 Å². The fraction of sp³-hybridized carbons (Fsp3) is 0.608.